The molecule has 20 heavy (non-hydrogen) atoms. The number of anilines is 2. The third kappa shape index (κ3) is 2.94. The molecule has 0 aliphatic heterocycles. The summed E-state index contributed by atoms with van der Waals surface area (Å²) in [5.41, 5.74) is 7.84. The molecule has 1 aromatic carbocycles. The summed E-state index contributed by atoms with van der Waals surface area (Å²) in [7, 11) is -3.77. The molecule has 2 rings (SSSR count). The first-order chi connectivity index (χ1) is 9.31. The minimum atomic E-state index is -3.77. The lowest BCUT2D eigenvalue weighted by molar-refractivity contribution is 0.601. The maximum absolute atomic E-state index is 12.4. The van der Waals surface area contributed by atoms with Crippen molar-refractivity contribution in [3.05, 3.63) is 46.1 Å². The van der Waals surface area contributed by atoms with Crippen LogP contribution in [0.2, 0.25) is 0 Å². The Morgan fingerprint density at radius 2 is 1.90 bits per heavy atom. The maximum Gasteiger partial charge on any atom is 0.265 e. The Bertz CT molecular complexity index is 760. The number of benzene rings is 1. The van der Waals surface area contributed by atoms with E-state index in [1.165, 1.54) is 6.20 Å². The summed E-state index contributed by atoms with van der Waals surface area (Å²) in [5.74, 6) is 0.227. The molecule has 2 aromatic rings. The van der Waals surface area contributed by atoms with Crippen LogP contribution in [-0.2, 0) is 10.0 Å². The van der Waals surface area contributed by atoms with Crippen molar-refractivity contribution in [2.45, 2.75) is 18.7 Å². The molecule has 0 bridgehead atoms. The van der Waals surface area contributed by atoms with E-state index in [4.69, 9.17) is 5.73 Å². The van der Waals surface area contributed by atoms with Gasteiger partial charge in [0.1, 0.15) is 4.90 Å². The third-order valence-electron chi connectivity index (χ3n) is 2.91. The van der Waals surface area contributed by atoms with Crippen LogP contribution in [0.1, 0.15) is 11.1 Å². The fraction of sp³-hybridized carbons (Fsp3) is 0.154. The Morgan fingerprint density at radius 1 is 1.25 bits per heavy atom. The average Bonchev–Trinajstić information content (AvgIpc) is 2.36. The van der Waals surface area contributed by atoms with Crippen molar-refractivity contribution in [1.82, 2.24) is 4.98 Å². The molecule has 0 atom stereocenters. The number of nitrogens with one attached hydrogen (secondary N) is 1. The summed E-state index contributed by atoms with van der Waals surface area (Å²) in [5, 5.41) is 0. The molecule has 0 amide bonds. The van der Waals surface area contributed by atoms with Crippen molar-refractivity contribution < 1.29 is 8.42 Å². The fourth-order valence-corrected chi connectivity index (χ4v) is 3.40. The number of nitrogens with two attached hydrogens (primary N) is 1. The van der Waals surface area contributed by atoms with Crippen LogP contribution in [0.25, 0.3) is 0 Å². The first-order valence-electron chi connectivity index (χ1n) is 5.81. The lowest BCUT2D eigenvalue weighted by Crippen LogP contribution is -2.16. The van der Waals surface area contributed by atoms with E-state index >= 15 is 0 Å². The summed E-state index contributed by atoms with van der Waals surface area (Å²) in [4.78, 5) is 4.03. The zero-order valence-electron chi connectivity index (χ0n) is 11.0. The Kier molecular flexibility index (Phi) is 4.01. The standard InChI is InChI=1S/C13H14BrN3O2S/c1-8-6-11(15)12(7-9(8)2)20(18,19)17-13-10(14)4-3-5-16-13/h3-7H,15H2,1-2H3,(H,16,17). The van der Waals surface area contributed by atoms with Gasteiger partial charge in [-0.15, -0.1) is 0 Å². The van der Waals surface area contributed by atoms with E-state index < -0.39 is 10.0 Å². The molecule has 0 saturated carbocycles. The monoisotopic (exact) mass is 355 g/mol. The summed E-state index contributed by atoms with van der Waals surface area (Å²) in [6, 6.07) is 6.61. The number of aromatic nitrogens is 1. The molecule has 0 spiro atoms. The lowest BCUT2D eigenvalue weighted by Gasteiger charge is -2.12. The number of nitrogen functional groups attached to an aromatic ring is 1. The predicted octanol–water partition coefficient (Wildman–Crippen LogP) is 2.84. The van der Waals surface area contributed by atoms with Gasteiger partial charge in [-0.25, -0.2) is 13.4 Å². The minimum Gasteiger partial charge on any atom is -0.398 e. The van der Waals surface area contributed by atoms with Crippen molar-refractivity contribution in [2.24, 2.45) is 0 Å². The second kappa shape index (κ2) is 5.41. The molecule has 1 aromatic heterocycles. The molecule has 0 unspecified atom stereocenters. The van der Waals surface area contributed by atoms with Crippen molar-refractivity contribution in [1.29, 1.82) is 0 Å². The number of aryl methyl sites for hydroxylation is 2. The Labute approximate surface area is 126 Å². The zero-order valence-corrected chi connectivity index (χ0v) is 13.4. The first-order valence-corrected chi connectivity index (χ1v) is 8.09. The van der Waals surface area contributed by atoms with Crippen LogP contribution in [-0.4, -0.2) is 13.4 Å². The number of sulfonamides is 1. The smallest absolute Gasteiger partial charge is 0.265 e. The molecule has 0 radical (unpaired) electrons. The first kappa shape index (κ1) is 14.8. The number of nitrogens with zero attached hydrogens (tertiary/aromatic N) is 1. The summed E-state index contributed by atoms with van der Waals surface area (Å²) < 4.78 is 27.8. The van der Waals surface area contributed by atoms with E-state index in [0.717, 1.165) is 11.1 Å². The third-order valence-corrected chi connectivity index (χ3v) is 4.94. The van der Waals surface area contributed by atoms with E-state index in [-0.39, 0.29) is 16.4 Å². The number of pyridine rings is 1. The van der Waals surface area contributed by atoms with Gasteiger partial charge in [-0.2, -0.15) is 0 Å². The van der Waals surface area contributed by atoms with Crippen LogP contribution in [0.4, 0.5) is 11.5 Å². The van der Waals surface area contributed by atoms with Gasteiger partial charge in [0, 0.05) is 6.20 Å². The van der Waals surface area contributed by atoms with E-state index in [1.54, 1.807) is 24.3 Å². The highest BCUT2D eigenvalue weighted by Gasteiger charge is 2.20. The molecular weight excluding hydrogens is 342 g/mol. The highest BCUT2D eigenvalue weighted by Crippen LogP contribution is 2.26. The van der Waals surface area contributed by atoms with Crippen LogP contribution >= 0.6 is 15.9 Å². The zero-order chi connectivity index (χ0) is 14.9. The Balaban J connectivity index is 2.47. The Hall–Kier alpha value is -1.60. The maximum atomic E-state index is 12.4. The molecule has 7 heteroatoms. The quantitative estimate of drug-likeness (QED) is 0.829. The molecule has 0 aliphatic rings. The molecule has 0 aliphatic carbocycles. The normalized spacial score (nSPS) is 11.3. The van der Waals surface area contributed by atoms with Gasteiger partial charge in [0.05, 0.1) is 10.2 Å². The van der Waals surface area contributed by atoms with E-state index in [9.17, 15) is 8.42 Å². The summed E-state index contributed by atoms with van der Waals surface area (Å²) >= 11 is 3.25. The van der Waals surface area contributed by atoms with Gasteiger partial charge in [0.2, 0.25) is 0 Å². The molecule has 106 valence electrons. The molecule has 0 saturated heterocycles. The van der Waals surface area contributed by atoms with Crippen molar-refractivity contribution in [2.75, 3.05) is 10.5 Å². The number of rotatable bonds is 3. The molecule has 1 heterocycles. The highest BCUT2D eigenvalue weighted by atomic mass is 79.9. The second-order valence-corrected chi connectivity index (χ2v) is 6.92. The van der Waals surface area contributed by atoms with Gasteiger partial charge >= 0.3 is 0 Å². The molecule has 0 fully saturated rings. The molecular formula is C13H14BrN3O2S. The SMILES string of the molecule is Cc1cc(N)c(S(=O)(=O)Nc2ncccc2Br)cc1C. The van der Waals surface area contributed by atoms with E-state index in [0.29, 0.717) is 4.47 Å². The number of halogens is 1. The van der Waals surface area contributed by atoms with E-state index in [1.807, 2.05) is 13.8 Å². The Morgan fingerprint density at radius 3 is 2.55 bits per heavy atom. The number of hydrogen-bond acceptors (Lipinski definition) is 4. The van der Waals surface area contributed by atoms with Gasteiger partial charge in [-0.05, 0) is 65.2 Å². The van der Waals surface area contributed by atoms with Crippen molar-refractivity contribution >= 4 is 37.5 Å². The molecule has 5 nitrogen and oxygen atoms in total. The van der Waals surface area contributed by atoms with Crippen LogP contribution in [0, 0.1) is 13.8 Å². The highest BCUT2D eigenvalue weighted by molar-refractivity contribution is 9.10. The summed E-state index contributed by atoms with van der Waals surface area (Å²) in [6.45, 7) is 3.72. The number of hydrogen-bond donors (Lipinski definition) is 2. The predicted molar refractivity (Wildman–Crippen MR) is 83.1 cm³/mol. The second-order valence-electron chi connectivity index (χ2n) is 4.41. The topological polar surface area (TPSA) is 85.1 Å². The fourth-order valence-electron chi connectivity index (χ4n) is 1.69. The van der Waals surface area contributed by atoms with Gasteiger partial charge in [0.15, 0.2) is 5.82 Å². The van der Waals surface area contributed by atoms with E-state index in [2.05, 4.69) is 25.6 Å². The molecule has 3 N–H and O–H groups in total. The average molecular weight is 356 g/mol. The van der Waals surface area contributed by atoms with Gasteiger partial charge in [-0.3, -0.25) is 4.72 Å². The van der Waals surface area contributed by atoms with Crippen molar-refractivity contribution in [3.63, 3.8) is 0 Å². The van der Waals surface area contributed by atoms with Gasteiger partial charge in [-0.1, -0.05) is 0 Å². The van der Waals surface area contributed by atoms with Crippen LogP contribution in [0.15, 0.2) is 39.8 Å². The van der Waals surface area contributed by atoms with Crippen LogP contribution in [0.5, 0.6) is 0 Å². The van der Waals surface area contributed by atoms with Crippen molar-refractivity contribution in [3.8, 4) is 0 Å². The van der Waals surface area contributed by atoms with Gasteiger partial charge < -0.3 is 5.73 Å². The van der Waals surface area contributed by atoms with Crippen LogP contribution < -0.4 is 10.5 Å². The van der Waals surface area contributed by atoms with Crippen LogP contribution in [0.3, 0.4) is 0 Å². The minimum absolute atomic E-state index is 0.0538. The summed E-state index contributed by atoms with van der Waals surface area (Å²) in [6.07, 6.45) is 1.51. The largest absolute Gasteiger partial charge is 0.398 e. The lowest BCUT2D eigenvalue weighted by atomic mass is 10.1. The van der Waals surface area contributed by atoms with Gasteiger partial charge in [0.25, 0.3) is 10.0 Å².